The molecule has 1 aromatic heterocycles. The number of fused-ring (bicyclic) bond motifs is 1. The molecule has 1 saturated heterocycles. The molecule has 3 rings (SSSR count). The van der Waals surface area contributed by atoms with Crippen molar-refractivity contribution in [3.05, 3.63) is 36.0 Å². The van der Waals surface area contributed by atoms with Gasteiger partial charge in [0.15, 0.2) is 5.82 Å². The fraction of sp³-hybridized carbons (Fsp3) is 0.471. The number of aromatic nitrogens is 1. The van der Waals surface area contributed by atoms with Gasteiger partial charge >= 0.3 is 0 Å². The zero-order valence-electron chi connectivity index (χ0n) is 12.9. The minimum atomic E-state index is -0.647. The first-order chi connectivity index (χ1) is 11.2. The Kier molecular flexibility index (Phi) is 5.35. The van der Waals surface area contributed by atoms with Gasteiger partial charge in [0, 0.05) is 49.7 Å². The molecule has 2 aromatic rings. The van der Waals surface area contributed by atoms with Crippen molar-refractivity contribution in [1.82, 2.24) is 4.98 Å². The lowest BCUT2D eigenvalue weighted by Gasteiger charge is -2.22. The van der Waals surface area contributed by atoms with Gasteiger partial charge in [0.2, 0.25) is 0 Å². The summed E-state index contributed by atoms with van der Waals surface area (Å²) in [6, 6.07) is 3.87. The molecule has 0 radical (unpaired) electrons. The van der Waals surface area contributed by atoms with E-state index in [9.17, 15) is 8.78 Å². The first kappa shape index (κ1) is 16.1. The zero-order valence-corrected chi connectivity index (χ0v) is 12.9. The monoisotopic (exact) mass is 322 g/mol. The van der Waals surface area contributed by atoms with Gasteiger partial charge in [0.1, 0.15) is 11.3 Å². The maximum atomic E-state index is 13.7. The van der Waals surface area contributed by atoms with Crippen molar-refractivity contribution in [2.24, 2.45) is 0 Å². The van der Waals surface area contributed by atoms with E-state index in [0.717, 1.165) is 38.5 Å². The average molecular weight is 322 g/mol. The van der Waals surface area contributed by atoms with Crippen LogP contribution in [-0.2, 0) is 9.47 Å². The number of benzene rings is 1. The second-order valence-electron chi connectivity index (χ2n) is 5.61. The van der Waals surface area contributed by atoms with Crippen molar-refractivity contribution in [3.63, 3.8) is 0 Å². The first-order valence-electron chi connectivity index (χ1n) is 7.91. The number of nitrogens with zero attached hydrogens (tertiary/aromatic N) is 1. The van der Waals surface area contributed by atoms with Gasteiger partial charge in [0.05, 0.1) is 6.10 Å². The maximum absolute atomic E-state index is 13.7. The van der Waals surface area contributed by atoms with Gasteiger partial charge in [-0.25, -0.2) is 8.78 Å². The van der Waals surface area contributed by atoms with E-state index in [1.54, 1.807) is 6.07 Å². The van der Waals surface area contributed by atoms with Crippen molar-refractivity contribution in [2.45, 2.75) is 25.4 Å². The van der Waals surface area contributed by atoms with Gasteiger partial charge in [-0.3, -0.25) is 4.98 Å². The van der Waals surface area contributed by atoms with Crippen molar-refractivity contribution < 1.29 is 18.3 Å². The van der Waals surface area contributed by atoms with Crippen LogP contribution in [0.1, 0.15) is 19.3 Å². The normalized spacial score (nSPS) is 15.9. The third-order valence-corrected chi connectivity index (χ3v) is 3.92. The Bertz CT molecular complexity index is 660. The lowest BCUT2D eigenvalue weighted by atomic mass is 10.1. The third-order valence-electron chi connectivity index (χ3n) is 3.92. The Morgan fingerprint density at radius 1 is 1.26 bits per heavy atom. The fourth-order valence-electron chi connectivity index (χ4n) is 2.72. The highest BCUT2D eigenvalue weighted by atomic mass is 19.1. The molecule has 0 saturated carbocycles. The van der Waals surface area contributed by atoms with Crippen molar-refractivity contribution >= 4 is 16.6 Å². The minimum absolute atomic E-state index is 0.176. The number of pyridine rings is 1. The third kappa shape index (κ3) is 4.14. The number of hydrogen-bond donors (Lipinski definition) is 1. The molecular weight excluding hydrogens is 302 g/mol. The predicted octanol–water partition coefficient (Wildman–Crippen LogP) is 3.51. The maximum Gasteiger partial charge on any atom is 0.152 e. The van der Waals surface area contributed by atoms with E-state index in [2.05, 4.69) is 10.3 Å². The van der Waals surface area contributed by atoms with E-state index in [4.69, 9.17) is 9.47 Å². The Labute approximate surface area is 133 Å². The summed E-state index contributed by atoms with van der Waals surface area (Å²) in [5.74, 6) is -1.25. The molecule has 0 spiro atoms. The molecule has 0 atom stereocenters. The van der Waals surface area contributed by atoms with Crippen molar-refractivity contribution in [2.75, 3.05) is 31.7 Å². The van der Waals surface area contributed by atoms with Crippen LogP contribution in [0, 0.1) is 11.6 Å². The van der Waals surface area contributed by atoms with Crippen LogP contribution in [0.25, 0.3) is 10.9 Å². The van der Waals surface area contributed by atoms with Crippen molar-refractivity contribution in [1.29, 1.82) is 0 Å². The molecule has 2 heterocycles. The number of ether oxygens (including phenoxy) is 2. The summed E-state index contributed by atoms with van der Waals surface area (Å²) in [6.45, 7) is 2.86. The molecule has 1 fully saturated rings. The zero-order chi connectivity index (χ0) is 16.1. The van der Waals surface area contributed by atoms with E-state index < -0.39 is 11.6 Å². The van der Waals surface area contributed by atoms with Gasteiger partial charge in [-0.1, -0.05) is 0 Å². The van der Waals surface area contributed by atoms with E-state index in [-0.39, 0.29) is 11.6 Å². The molecule has 0 unspecified atom stereocenters. The summed E-state index contributed by atoms with van der Waals surface area (Å²) in [6.07, 6.45) is 4.51. The second-order valence-corrected chi connectivity index (χ2v) is 5.61. The number of nitrogens with one attached hydrogen (secondary N) is 1. The largest absolute Gasteiger partial charge is 0.384 e. The lowest BCUT2D eigenvalue weighted by Crippen LogP contribution is -2.24. The molecule has 124 valence electrons. The molecule has 1 aliphatic rings. The quantitative estimate of drug-likeness (QED) is 0.827. The van der Waals surface area contributed by atoms with Gasteiger partial charge in [-0.15, -0.1) is 0 Å². The van der Waals surface area contributed by atoms with Gasteiger partial charge < -0.3 is 14.8 Å². The molecular formula is C17H20F2N2O2. The average Bonchev–Trinajstić information content (AvgIpc) is 2.56. The molecule has 1 aromatic carbocycles. The Morgan fingerprint density at radius 3 is 2.91 bits per heavy atom. The Hall–Kier alpha value is -1.79. The van der Waals surface area contributed by atoms with Crippen LogP contribution in [0.15, 0.2) is 24.4 Å². The molecule has 1 N–H and O–H groups in total. The molecule has 1 aliphatic heterocycles. The highest BCUT2D eigenvalue weighted by Crippen LogP contribution is 2.24. The highest BCUT2D eigenvalue weighted by Gasteiger charge is 2.13. The lowest BCUT2D eigenvalue weighted by molar-refractivity contribution is -0.0316. The molecule has 23 heavy (non-hydrogen) atoms. The fourth-order valence-corrected chi connectivity index (χ4v) is 2.72. The van der Waals surface area contributed by atoms with Crippen LogP contribution in [0.2, 0.25) is 0 Å². The Morgan fingerprint density at radius 2 is 2.09 bits per heavy atom. The molecule has 0 amide bonds. The predicted molar refractivity (Wildman–Crippen MR) is 84.6 cm³/mol. The van der Waals surface area contributed by atoms with Crippen LogP contribution in [0.4, 0.5) is 14.5 Å². The second kappa shape index (κ2) is 7.66. The SMILES string of the molecule is Fc1cc(F)c2nccc(NCCCOC3CCOCC3)c2c1. The van der Waals surface area contributed by atoms with Gasteiger partial charge in [-0.05, 0) is 31.4 Å². The minimum Gasteiger partial charge on any atom is -0.384 e. The van der Waals surface area contributed by atoms with E-state index in [1.807, 2.05) is 0 Å². The Balaban J connectivity index is 1.53. The molecule has 0 bridgehead atoms. The van der Waals surface area contributed by atoms with Crippen LogP contribution in [-0.4, -0.2) is 37.5 Å². The van der Waals surface area contributed by atoms with Crippen LogP contribution in [0.3, 0.4) is 0 Å². The topological polar surface area (TPSA) is 43.4 Å². The van der Waals surface area contributed by atoms with Crippen LogP contribution in [0.5, 0.6) is 0 Å². The van der Waals surface area contributed by atoms with E-state index >= 15 is 0 Å². The van der Waals surface area contributed by atoms with Crippen LogP contribution < -0.4 is 5.32 Å². The molecule has 4 nitrogen and oxygen atoms in total. The summed E-state index contributed by atoms with van der Waals surface area (Å²) in [5.41, 5.74) is 0.856. The van der Waals surface area contributed by atoms with Crippen LogP contribution >= 0.6 is 0 Å². The molecule has 6 heteroatoms. The van der Waals surface area contributed by atoms with E-state index in [1.165, 1.54) is 12.3 Å². The highest BCUT2D eigenvalue weighted by molar-refractivity contribution is 5.91. The standard InChI is InChI=1S/C17H20F2N2O2/c18-12-10-14-16(2-6-21-17(14)15(19)11-12)20-5-1-7-23-13-3-8-22-9-4-13/h2,6,10-11,13H,1,3-5,7-9H2,(H,20,21). The summed E-state index contributed by atoms with van der Waals surface area (Å²) >= 11 is 0. The number of halogens is 2. The summed E-state index contributed by atoms with van der Waals surface area (Å²) in [4.78, 5) is 3.97. The van der Waals surface area contributed by atoms with Crippen molar-refractivity contribution in [3.8, 4) is 0 Å². The van der Waals surface area contributed by atoms with Gasteiger partial charge in [0.25, 0.3) is 0 Å². The van der Waals surface area contributed by atoms with Gasteiger partial charge in [-0.2, -0.15) is 0 Å². The first-order valence-corrected chi connectivity index (χ1v) is 7.91. The molecule has 0 aliphatic carbocycles. The number of rotatable bonds is 6. The summed E-state index contributed by atoms with van der Waals surface area (Å²) in [5, 5.41) is 3.66. The number of hydrogen-bond acceptors (Lipinski definition) is 4. The number of anilines is 1. The summed E-state index contributed by atoms with van der Waals surface area (Å²) in [7, 11) is 0. The summed E-state index contributed by atoms with van der Waals surface area (Å²) < 4.78 is 38.2. The smallest absolute Gasteiger partial charge is 0.152 e. The van der Waals surface area contributed by atoms with E-state index in [0.29, 0.717) is 24.2 Å².